The van der Waals surface area contributed by atoms with E-state index in [0.29, 0.717) is 40.7 Å². The third-order valence-corrected chi connectivity index (χ3v) is 5.01. The number of benzene rings is 2. The van der Waals surface area contributed by atoms with E-state index >= 15 is 0 Å². The highest BCUT2D eigenvalue weighted by atomic mass is 35.5. The number of rotatable bonds is 5. The van der Waals surface area contributed by atoms with Gasteiger partial charge in [-0.25, -0.2) is 0 Å². The number of carbonyl (C=O) groups is 2. The van der Waals surface area contributed by atoms with Crippen LogP contribution in [0.3, 0.4) is 0 Å². The minimum Gasteiger partial charge on any atom is -0.356 e. The summed E-state index contributed by atoms with van der Waals surface area (Å²) in [6.45, 7) is 1.44. The molecule has 0 aliphatic heterocycles. The second-order valence-electron chi connectivity index (χ2n) is 6.88. The first kappa shape index (κ1) is 18.3. The summed E-state index contributed by atoms with van der Waals surface area (Å²) < 4.78 is 5.46. The van der Waals surface area contributed by atoms with Gasteiger partial charge in [0.05, 0.1) is 11.1 Å². The van der Waals surface area contributed by atoms with Crippen molar-refractivity contribution in [3.05, 3.63) is 65.3 Å². The van der Waals surface area contributed by atoms with Crippen LogP contribution in [0.1, 0.15) is 25.5 Å². The van der Waals surface area contributed by atoms with Crippen molar-refractivity contribution in [1.82, 2.24) is 5.16 Å². The van der Waals surface area contributed by atoms with Gasteiger partial charge in [-0.05, 0) is 55.3 Å². The van der Waals surface area contributed by atoms with Crippen LogP contribution in [0, 0.1) is 0 Å². The van der Waals surface area contributed by atoms with Crippen LogP contribution in [0.15, 0.2) is 59.1 Å². The Morgan fingerprint density at radius 1 is 1.04 bits per heavy atom. The van der Waals surface area contributed by atoms with Gasteiger partial charge in [0.15, 0.2) is 5.76 Å². The van der Waals surface area contributed by atoms with Crippen molar-refractivity contribution in [3.8, 4) is 11.3 Å². The lowest BCUT2D eigenvalue weighted by Crippen LogP contribution is -2.28. The second-order valence-corrected chi connectivity index (χ2v) is 7.32. The number of aromatic nitrogens is 1. The smallest absolute Gasteiger partial charge is 0.236 e. The number of nitrogens with one attached hydrogen (secondary N) is 2. The van der Waals surface area contributed by atoms with E-state index in [-0.39, 0.29) is 11.8 Å². The van der Waals surface area contributed by atoms with Crippen LogP contribution in [0.2, 0.25) is 5.02 Å². The van der Waals surface area contributed by atoms with Crippen LogP contribution in [-0.4, -0.2) is 17.0 Å². The quantitative estimate of drug-likeness (QED) is 0.660. The summed E-state index contributed by atoms with van der Waals surface area (Å²) in [6, 6.07) is 16.1. The fourth-order valence-corrected chi connectivity index (χ4v) is 3.23. The van der Waals surface area contributed by atoms with Crippen LogP contribution in [-0.2, 0) is 15.0 Å². The molecule has 0 saturated heterocycles. The molecule has 1 aliphatic carbocycles. The molecule has 0 unspecified atom stereocenters. The Labute approximate surface area is 166 Å². The van der Waals surface area contributed by atoms with E-state index in [1.807, 2.05) is 18.2 Å². The summed E-state index contributed by atoms with van der Waals surface area (Å²) in [7, 11) is 0. The Bertz CT molecular complexity index is 1040. The molecule has 1 heterocycles. The maximum Gasteiger partial charge on any atom is 0.236 e. The van der Waals surface area contributed by atoms with Gasteiger partial charge in [-0.1, -0.05) is 22.8 Å². The van der Waals surface area contributed by atoms with Crippen molar-refractivity contribution in [2.45, 2.75) is 25.2 Å². The zero-order valence-electron chi connectivity index (χ0n) is 15.2. The van der Waals surface area contributed by atoms with Crippen molar-refractivity contribution >= 4 is 34.8 Å². The summed E-state index contributed by atoms with van der Waals surface area (Å²) >= 11 is 5.92. The average Bonchev–Trinajstić information content (AvgIpc) is 3.33. The summed E-state index contributed by atoms with van der Waals surface area (Å²) in [5.74, 6) is 0.293. The van der Waals surface area contributed by atoms with Gasteiger partial charge < -0.3 is 15.2 Å². The molecule has 3 aromatic rings. The molecule has 7 heteroatoms. The van der Waals surface area contributed by atoms with E-state index in [2.05, 4.69) is 15.8 Å². The predicted molar refractivity (Wildman–Crippen MR) is 107 cm³/mol. The molecule has 142 valence electrons. The number of amides is 2. The maximum absolute atomic E-state index is 12.9. The minimum absolute atomic E-state index is 0.136. The van der Waals surface area contributed by atoms with Gasteiger partial charge >= 0.3 is 0 Å². The van der Waals surface area contributed by atoms with Gasteiger partial charge in [0, 0.05) is 35.0 Å². The van der Waals surface area contributed by atoms with E-state index in [1.54, 1.807) is 36.4 Å². The summed E-state index contributed by atoms with van der Waals surface area (Å²) in [6.07, 6.45) is 1.41. The lowest BCUT2D eigenvalue weighted by Gasteiger charge is -2.13. The number of anilines is 2. The van der Waals surface area contributed by atoms with Crippen molar-refractivity contribution < 1.29 is 14.1 Å². The number of hydrogen-bond donors (Lipinski definition) is 2. The summed E-state index contributed by atoms with van der Waals surface area (Å²) in [5.41, 5.74) is 2.03. The molecule has 6 nitrogen and oxygen atoms in total. The van der Waals surface area contributed by atoms with Crippen molar-refractivity contribution in [2.24, 2.45) is 0 Å². The first-order valence-electron chi connectivity index (χ1n) is 8.88. The number of nitrogens with zero attached hydrogens (tertiary/aromatic N) is 1. The molecule has 0 spiro atoms. The zero-order valence-corrected chi connectivity index (χ0v) is 15.9. The maximum atomic E-state index is 12.9. The van der Waals surface area contributed by atoms with Crippen molar-refractivity contribution in [3.63, 3.8) is 0 Å². The normalized spacial score (nSPS) is 14.4. The minimum atomic E-state index is -0.682. The highest BCUT2D eigenvalue weighted by molar-refractivity contribution is 6.30. The molecule has 2 aromatic carbocycles. The first-order valence-corrected chi connectivity index (χ1v) is 9.26. The molecule has 0 atom stereocenters. The van der Waals surface area contributed by atoms with Crippen LogP contribution in [0.5, 0.6) is 0 Å². The predicted octanol–water partition coefficient (Wildman–Crippen LogP) is 4.62. The van der Waals surface area contributed by atoms with Gasteiger partial charge in [0.25, 0.3) is 0 Å². The van der Waals surface area contributed by atoms with E-state index in [1.165, 1.54) is 6.92 Å². The lowest BCUT2D eigenvalue weighted by atomic mass is 10.00. The average molecular weight is 396 g/mol. The van der Waals surface area contributed by atoms with Crippen LogP contribution >= 0.6 is 11.6 Å². The van der Waals surface area contributed by atoms with Gasteiger partial charge in [0.2, 0.25) is 11.8 Å². The van der Waals surface area contributed by atoms with Crippen LogP contribution < -0.4 is 10.6 Å². The molecule has 2 N–H and O–H groups in total. The molecule has 28 heavy (non-hydrogen) atoms. The molecule has 1 aromatic heterocycles. The SMILES string of the molecule is CC(=O)Nc1cccc(NC(=O)C2(c3cc(-c4ccc(Cl)cc4)on3)CC2)c1. The van der Waals surface area contributed by atoms with Crippen LogP contribution in [0.25, 0.3) is 11.3 Å². The Balaban J connectivity index is 1.52. The molecular weight excluding hydrogens is 378 g/mol. The lowest BCUT2D eigenvalue weighted by molar-refractivity contribution is -0.118. The third kappa shape index (κ3) is 3.64. The van der Waals surface area contributed by atoms with E-state index in [0.717, 1.165) is 5.56 Å². The number of halogens is 1. The Hall–Kier alpha value is -3.12. The molecular formula is C21H18ClN3O3. The molecule has 1 fully saturated rings. The standard InChI is InChI=1S/C21H18ClN3O3/c1-13(26)23-16-3-2-4-17(11-16)24-20(27)21(9-10-21)19-12-18(28-25-19)14-5-7-15(22)8-6-14/h2-8,11-12H,9-10H2,1H3,(H,23,26)(H,24,27). The molecule has 1 saturated carbocycles. The fraction of sp³-hybridized carbons (Fsp3) is 0.190. The van der Waals surface area contributed by atoms with Gasteiger partial charge in [-0.3, -0.25) is 9.59 Å². The van der Waals surface area contributed by atoms with E-state index in [9.17, 15) is 9.59 Å². The highest BCUT2D eigenvalue weighted by Crippen LogP contribution is 2.49. The monoisotopic (exact) mass is 395 g/mol. The zero-order chi connectivity index (χ0) is 19.7. The highest BCUT2D eigenvalue weighted by Gasteiger charge is 2.53. The fourth-order valence-electron chi connectivity index (χ4n) is 3.10. The Morgan fingerprint density at radius 2 is 1.71 bits per heavy atom. The molecule has 4 rings (SSSR count). The Morgan fingerprint density at radius 3 is 2.36 bits per heavy atom. The second kappa shape index (κ2) is 7.13. The Kier molecular flexibility index (Phi) is 4.65. The first-order chi connectivity index (χ1) is 13.5. The van der Waals surface area contributed by atoms with Crippen molar-refractivity contribution in [2.75, 3.05) is 10.6 Å². The van der Waals surface area contributed by atoms with Crippen LogP contribution in [0.4, 0.5) is 11.4 Å². The topological polar surface area (TPSA) is 84.2 Å². The number of hydrogen-bond acceptors (Lipinski definition) is 4. The summed E-state index contributed by atoms with van der Waals surface area (Å²) in [5, 5.41) is 10.4. The largest absolute Gasteiger partial charge is 0.356 e. The van der Waals surface area contributed by atoms with E-state index < -0.39 is 5.41 Å². The molecule has 0 radical (unpaired) electrons. The van der Waals surface area contributed by atoms with E-state index in [4.69, 9.17) is 16.1 Å². The van der Waals surface area contributed by atoms with Gasteiger partial charge in [-0.2, -0.15) is 0 Å². The number of carbonyl (C=O) groups excluding carboxylic acids is 2. The third-order valence-electron chi connectivity index (χ3n) is 4.75. The van der Waals surface area contributed by atoms with Gasteiger partial charge in [0.1, 0.15) is 0 Å². The molecule has 2 amide bonds. The van der Waals surface area contributed by atoms with Gasteiger partial charge in [-0.15, -0.1) is 0 Å². The van der Waals surface area contributed by atoms with Crippen molar-refractivity contribution in [1.29, 1.82) is 0 Å². The molecule has 0 bridgehead atoms. The molecule has 1 aliphatic rings. The summed E-state index contributed by atoms with van der Waals surface area (Å²) in [4.78, 5) is 24.1.